The standard InChI is InChI=1S/C20H21N3O3/c24-20(16-6-7-18-19(12-16)26-14-25-18)22-21-17-8-10-23(11-9-17)13-15-4-2-1-3-5-15/h1-7,12H,8-11,13-14H2,(H,22,24). The monoisotopic (exact) mass is 351 g/mol. The lowest BCUT2D eigenvalue weighted by Crippen LogP contribution is -2.34. The molecule has 2 aromatic rings. The average molecular weight is 351 g/mol. The van der Waals surface area contributed by atoms with Gasteiger partial charge in [0.25, 0.3) is 5.91 Å². The molecular formula is C20H21N3O3. The van der Waals surface area contributed by atoms with Crippen molar-refractivity contribution in [1.82, 2.24) is 10.3 Å². The van der Waals surface area contributed by atoms with E-state index in [4.69, 9.17) is 9.47 Å². The van der Waals surface area contributed by atoms with Crippen LogP contribution < -0.4 is 14.9 Å². The molecule has 0 unspecified atom stereocenters. The molecule has 6 nitrogen and oxygen atoms in total. The number of benzene rings is 2. The van der Waals surface area contributed by atoms with Crippen LogP contribution in [0, 0.1) is 0 Å². The molecule has 0 saturated carbocycles. The Kier molecular flexibility index (Phi) is 4.84. The molecule has 0 aliphatic carbocycles. The van der Waals surface area contributed by atoms with Crippen LogP contribution in [0.1, 0.15) is 28.8 Å². The fourth-order valence-electron chi connectivity index (χ4n) is 3.15. The van der Waals surface area contributed by atoms with Gasteiger partial charge in [-0.15, -0.1) is 0 Å². The van der Waals surface area contributed by atoms with E-state index in [0.29, 0.717) is 17.1 Å². The maximum atomic E-state index is 12.3. The molecule has 1 fully saturated rings. The van der Waals surface area contributed by atoms with E-state index in [2.05, 4.69) is 39.7 Å². The molecule has 1 amide bonds. The molecule has 4 rings (SSSR count). The van der Waals surface area contributed by atoms with Crippen molar-refractivity contribution >= 4 is 11.6 Å². The minimum absolute atomic E-state index is 0.197. The molecule has 6 heteroatoms. The van der Waals surface area contributed by atoms with Crippen LogP contribution in [0.2, 0.25) is 0 Å². The highest BCUT2D eigenvalue weighted by Crippen LogP contribution is 2.32. The minimum atomic E-state index is -0.234. The Hall–Kier alpha value is -2.86. The van der Waals surface area contributed by atoms with Crippen molar-refractivity contribution < 1.29 is 14.3 Å². The maximum Gasteiger partial charge on any atom is 0.271 e. The molecule has 2 aliphatic rings. The molecule has 1 N–H and O–H groups in total. The summed E-state index contributed by atoms with van der Waals surface area (Å²) >= 11 is 0. The number of amides is 1. The summed E-state index contributed by atoms with van der Waals surface area (Å²) in [5, 5.41) is 4.31. The van der Waals surface area contributed by atoms with Crippen LogP contribution in [-0.4, -0.2) is 36.4 Å². The first-order valence-corrected chi connectivity index (χ1v) is 8.79. The number of fused-ring (bicyclic) bond motifs is 1. The smallest absolute Gasteiger partial charge is 0.271 e. The van der Waals surface area contributed by atoms with Crippen molar-refractivity contribution in [2.75, 3.05) is 19.9 Å². The van der Waals surface area contributed by atoms with Crippen LogP contribution in [0.25, 0.3) is 0 Å². The van der Waals surface area contributed by atoms with Gasteiger partial charge in [-0.05, 0) is 23.8 Å². The second-order valence-electron chi connectivity index (χ2n) is 6.45. The summed E-state index contributed by atoms with van der Waals surface area (Å²) in [6.07, 6.45) is 1.74. The summed E-state index contributed by atoms with van der Waals surface area (Å²) in [5.74, 6) is 1.03. The highest BCUT2D eigenvalue weighted by molar-refractivity contribution is 5.96. The third kappa shape index (κ3) is 3.86. The van der Waals surface area contributed by atoms with E-state index < -0.39 is 0 Å². The first kappa shape index (κ1) is 16.6. The van der Waals surface area contributed by atoms with Gasteiger partial charge in [0.05, 0.1) is 0 Å². The van der Waals surface area contributed by atoms with E-state index >= 15 is 0 Å². The van der Waals surface area contributed by atoms with Crippen molar-refractivity contribution in [2.24, 2.45) is 5.10 Å². The van der Waals surface area contributed by atoms with Gasteiger partial charge in [-0.3, -0.25) is 9.69 Å². The van der Waals surface area contributed by atoms with Crippen molar-refractivity contribution in [1.29, 1.82) is 0 Å². The van der Waals surface area contributed by atoms with Crippen molar-refractivity contribution in [2.45, 2.75) is 19.4 Å². The second kappa shape index (κ2) is 7.58. The molecular weight excluding hydrogens is 330 g/mol. The van der Waals surface area contributed by atoms with E-state index in [0.717, 1.165) is 38.2 Å². The van der Waals surface area contributed by atoms with Crippen LogP contribution in [0.4, 0.5) is 0 Å². The summed E-state index contributed by atoms with van der Waals surface area (Å²) in [6.45, 7) is 3.06. The third-order valence-electron chi connectivity index (χ3n) is 4.63. The topological polar surface area (TPSA) is 63.2 Å². The molecule has 134 valence electrons. The van der Waals surface area contributed by atoms with Gasteiger partial charge in [-0.2, -0.15) is 5.10 Å². The summed E-state index contributed by atoms with van der Waals surface area (Å²) in [6, 6.07) is 15.6. The third-order valence-corrected chi connectivity index (χ3v) is 4.63. The van der Waals surface area contributed by atoms with Gasteiger partial charge in [-0.25, -0.2) is 5.43 Å². The van der Waals surface area contributed by atoms with Gasteiger partial charge in [0.2, 0.25) is 6.79 Å². The molecule has 26 heavy (non-hydrogen) atoms. The fraction of sp³-hybridized carbons (Fsp3) is 0.300. The number of ether oxygens (including phenoxy) is 2. The SMILES string of the molecule is O=C(NN=C1CCN(Cc2ccccc2)CC1)c1ccc2c(c1)OCO2. The maximum absolute atomic E-state index is 12.3. The number of carbonyl (C=O) groups is 1. The predicted molar refractivity (Wildman–Crippen MR) is 98.4 cm³/mol. The second-order valence-corrected chi connectivity index (χ2v) is 6.45. The quantitative estimate of drug-likeness (QED) is 0.861. The van der Waals surface area contributed by atoms with Crippen LogP contribution in [-0.2, 0) is 6.54 Å². The van der Waals surface area contributed by atoms with Crippen LogP contribution in [0.3, 0.4) is 0 Å². The van der Waals surface area contributed by atoms with Crippen LogP contribution in [0.5, 0.6) is 11.5 Å². The number of hydrogen-bond donors (Lipinski definition) is 1. The van der Waals surface area contributed by atoms with Gasteiger partial charge >= 0.3 is 0 Å². The lowest BCUT2D eigenvalue weighted by molar-refractivity contribution is 0.0954. The van der Waals surface area contributed by atoms with Gasteiger partial charge in [0, 0.05) is 43.8 Å². The molecule has 0 aromatic heterocycles. The lowest BCUT2D eigenvalue weighted by atomic mass is 10.1. The Morgan fingerprint density at radius 1 is 1.04 bits per heavy atom. The lowest BCUT2D eigenvalue weighted by Gasteiger charge is -2.27. The van der Waals surface area contributed by atoms with Crippen LogP contribution >= 0.6 is 0 Å². The Morgan fingerprint density at radius 2 is 1.81 bits per heavy atom. The van der Waals surface area contributed by atoms with Crippen molar-refractivity contribution in [3.8, 4) is 11.5 Å². The number of piperidine rings is 1. The van der Waals surface area contributed by atoms with Gasteiger partial charge in [0.15, 0.2) is 11.5 Å². The number of carbonyl (C=O) groups excluding carboxylic acids is 1. The van der Waals surface area contributed by atoms with E-state index in [1.165, 1.54) is 5.56 Å². The summed E-state index contributed by atoms with van der Waals surface area (Å²) in [5.41, 5.74) is 5.53. The molecule has 0 radical (unpaired) electrons. The zero-order chi connectivity index (χ0) is 17.8. The molecule has 0 atom stereocenters. The van der Waals surface area contributed by atoms with E-state index in [1.54, 1.807) is 18.2 Å². The zero-order valence-corrected chi connectivity index (χ0v) is 14.5. The van der Waals surface area contributed by atoms with Crippen molar-refractivity contribution in [3.05, 3.63) is 59.7 Å². The first-order chi connectivity index (χ1) is 12.8. The fourth-order valence-corrected chi connectivity index (χ4v) is 3.15. The highest BCUT2D eigenvalue weighted by atomic mass is 16.7. The van der Waals surface area contributed by atoms with Gasteiger partial charge in [0.1, 0.15) is 0 Å². The molecule has 2 heterocycles. The van der Waals surface area contributed by atoms with E-state index in [-0.39, 0.29) is 12.7 Å². The molecule has 0 spiro atoms. The molecule has 2 aromatic carbocycles. The summed E-state index contributed by atoms with van der Waals surface area (Å²) < 4.78 is 10.6. The predicted octanol–water partition coefficient (Wildman–Crippen LogP) is 2.80. The van der Waals surface area contributed by atoms with Crippen LogP contribution in [0.15, 0.2) is 53.6 Å². The Balaban J connectivity index is 1.29. The highest BCUT2D eigenvalue weighted by Gasteiger charge is 2.18. The minimum Gasteiger partial charge on any atom is -0.454 e. The normalized spacial score (nSPS) is 16.4. The Morgan fingerprint density at radius 3 is 2.62 bits per heavy atom. The molecule has 2 aliphatic heterocycles. The first-order valence-electron chi connectivity index (χ1n) is 8.79. The average Bonchev–Trinajstić information content (AvgIpc) is 3.16. The Bertz CT molecular complexity index is 810. The van der Waals surface area contributed by atoms with Gasteiger partial charge < -0.3 is 9.47 Å². The van der Waals surface area contributed by atoms with Crippen molar-refractivity contribution in [3.63, 3.8) is 0 Å². The number of hydrazone groups is 1. The Labute approximate surface area is 152 Å². The molecule has 0 bridgehead atoms. The van der Waals surface area contributed by atoms with E-state index in [9.17, 15) is 4.79 Å². The number of nitrogens with zero attached hydrogens (tertiary/aromatic N) is 2. The van der Waals surface area contributed by atoms with Gasteiger partial charge in [-0.1, -0.05) is 30.3 Å². The number of hydrogen-bond acceptors (Lipinski definition) is 5. The number of nitrogens with one attached hydrogen (secondary N) is 1. The summed E-state index contributed by atoms with van der Waals surface area (Å²) in [4.78, 5) is 14.7. The number of likely N-dealkylation sites (tertiary alicyclic amines) is 1. The largest absolute Gasteiger partial charge is 0.454 e. The number of rotatable bonds is 4. The molecule has 1 saturated heterocycles. The zero-order valence-electron chi connectivity index (χ0n) is 14.5. The summed E-state index contributed by atoms with van der Waals surface area (Å²) in [7, 11) is 0. The van der Waals surface area contributed by atoms with E-state index in [1.807, 2.05) is 6.07 Å².